The van der Waals surface area contributed by atoms with Crippen molar-refractivity contribution in [1.29, 1.82) is 5.26 Å². The van der Waals surface area contributed by atoms with Crippen LogP contribution in [0.1, 0.15) is 23.1 Å². The fourth-order valence-electron chi connectivity index (χ4n) is 5.64. The van der Waals surface area contributed by atoms with Crippen LogP contribution in [-0.2, 0) is 18.3 Å². The van der Waals surface area contributed by atoms with Crippen LogP contribution in [0.3, 0.4) is 0 Å². The lowest BCUT2D eigenvalue weighted by Gasteiger charge is -2.56. The molecule has 2 heterocycles. The maximum Gasteiger partial charge on any atom is 0.165 e. The number of phenolic OH excluding ortho intramolecular Hbond substituents is 1. The lowest BCUT2D eigenvalue weighted by molar-refractivity contribution is -0.0454. The van der Waals surface area contributed by atoms with Gasteiger partial charge in [0.1, 0.15) is 12.2 Å². The Balaban J connectivity index is 1.84. The molecule has 0 unspecified atom stereocenters. The van der Waals surface area contributed by atoms with Gasteiger partial charge in [0.25, 0.3) is 0 Å². The summed E-state index contributed by atoms with van der Waals surface area (Å²) in [5, 5.41) is 30.3. The van der Waals surface area contributed by atoms with Crippen molar-refractivity contribution in [2.24, 2.45) is 5.92 Å². The minimum absolute atomic E-state index is 0.103. The Hall–Kier alpha value is -2.03. The highest BCUT2D eigenvalue weighted by atomic mass is 16.5. The Labute approximate surface area is 140 Å². The van der Waals surface area contributed by atoms with Gasteiger partial charge in [0.15, 0.2) is 11.5 Å². The van der Waals surface area contributed by atoms with Crippen molar-refractivity contribution in [2.75, 3.05) is 13.6 Å². The predicted octanol–water partition coefficient (Wildman–Crippen LogP) is 1.26. The highest BCUT2D eigenvalue weighted by Crippen LogP contribution is 2.62. The van der Waals surface area contributed by atoms with Crippen LogP contribution in [-0.4, -0.2) is 47.0 Å². The summed E-state index contributed by atoms with van der Waals surface area (Å²) < 4.78 is 6.14. The molecule has 124 valence electrons. The number of rotatable bonds is 1. The topological polar surface area (TPSA) is 76.7 Å². The molecule has 0 amide bonds. The standard InChI is InChI=1S/C19H20N2O3/c1-21-7-5-19-12-2-3-14(22)18(19)24-17-15(23)8-10(4-6-20)11(16(17)19)9-13(12)21/h2-3,8,12-14,18,22-23H,4-5,7,9H2,1H3/t12-,13+,14-,18-,19-/m0/s1. The maximum absolute atomic E-state index is 10.6. The number of hydrogen-bond donors (Lipinski definition) is 2. The van der Waals surface area contributed by atoms with Crippen molar-refractivity contribution in [3.63, 3.8) is 0 Å². The van der Waals surface area contributed by atoms with E-state index in [1.165, 1.54) is 0 Å². The molecule has 2 bridgehead atoms. The van der Waals surface area contributed by atoms with E-state index in [9.17, 15) is 15.5 Å². The third-order valence-electron chi connectivity index (χ3n) is 6.64. The highest BCUT2D eigenvalue weighted by Gasteiger charge is 2.64. The molecular weight excluding hydrogens is 304 g/mol. The monoisotopic (exact) mass is 324 g/mol. The van der Waals surface area contributed by atoms with Gasteiger partial charge < -0.3 is 19.8 Å². The van der Waals surface area contributed by atoms with Crippen LogP contribution in [0.25, 0.3) is 0 Å². The quantitative estimate of drug-likeness (QED) is 0.761. The van der Waals surface area contributed by atoms with Crippen molar-refractivity contribution in [1.82, 2.24) is 4.90 Å². The molecule has 5 heteroatoms. The SMILES string of the molecule is CN1CC[C@]23c4c5c(CC#N)cc(O)c4O[C@H]2[C@@H](O)C=C[C@H]3[C@H]1C5. The van der Waals surface area contributed by atoms with Gasteiger partial charge in [-0.3, -0.25) is 0 Å². The molecule has 2 aliphatic carbocycles. The molecule has 1 saturated heterocycles. The molecule has 24 heavy (non-hydrogen) atoms. The normalized spacial score (nSPS) is 38.4. The lowest BCUT2D eigenvalue weighted by atomic mass is 9.53. The van der Waals surface area contributed by atoms with E-state index in [-0.39, 0.29) is 29.6 Å². The second-order valence-electron chi connectivity index (χ2n) is 7.55. The van der Waals surface area contributed by atoms with Crippen molar-refractivity contribution in [2.45, 2.75) is 42.9 Å². The number of aromatic hydroxyl groups is 1. The van der Waals surface area contributed by atoms with Crippen LogP contribution < -0.4 is 4.74 Å². The number of aliphatic hydroxyl groups is 1. The van der Waals surface area contributed by atoms with Gasteiger partial charge >= 0.3 is 0 Å². The van der Waals surface area contributed by atoms with Crippen molar-refractivity contribution >= 4 is 0 Å². The summed E-state index contributed by atoms with van der Waals surface area (Å²) in [7, 11) is 2.15. The van der Waals surface area contributed by atoms with E-state index in [2.05, 4.69) is 24.1 Å². The number of aliphatic hydroxyl groups excluding tert-OH is 1. The molecule has 1 aromatic rings. The molecule has 2 N–H and O–H groups in total. The number of ether oxygens (including phenoxy) is 1. The van der Waals surface area contributed by atoms with Crippen LogP contribution in [0.4, 0.5) is 0 Å². The van der Waals surface area contributed by atoms with Crippen molar-refractivity contribution < 1.29 is 14.9 Å². The summed E-state index contributed by atoms with van der Waals surface area (Å²) in [5.74, 6) is 0.911. The molecule has 5 atom stereocenters. The van der Waals surface area contributed by atoms with E-state index in [0.717, 1.165) is 36.1 Å². The molecule has 5 rings (SSSR count). The summed E-state index contributed by atoms with van der Waals surface area (Å²) in [6, 6.07) is 4.24. The minimum Gasteiger partial charge on any atom is -0.504 e. The lowest BCUT2D eigenvalue weighted by Crippen LogP contribution is -2.64. The first-order valence-corrected chi connectivity index (χ1v) is 8.56. The maximum atomic E-state index is 10.6. The van der Waals surface area contributed by atoms with Gasteiger partial charge in [-0.15, -0.1) is 0 Å². The minimum atomic E-state index is -0.664. The zero-order chi connectivity index (χ0) is 16.6. The van der Waals surface area contributed by atoms with Crippen molar-refractivity contribution in [3.05, 3.63) is 34.9 Å². The number of hydrogen-bond acceptors (Lipinski definition) is 5. The number of piperidine rings is 1. The first kappa shape index (κ1) is 14.3. The van der Waals surface area contributed by atoms with Gasteiger partial charge in [-0.05, 0) is 43.6 Å². The molecule has 4 aliphatic rings. The molecular formula is C19H20N2O3. The highest BCUT2D eigenvalue weighted by molar-refractivity contribution is 5.64. The van der Waals surface area contributed by atoms with Crippen LogP contribution in [0.2, 0.25) is 0 Å². The fourth-order valence-corrected chi connectivity index (χ4v) is 5.64. The average molecular weight is 324 g/mol. The molecule has 2 aliphatic heterocycles. The van der Waals surface area contributed by atoms with E-state index in [0.29, 0.717) is 11.8 Å². The third kappa shape index (κ3) is 1.47. The number of benzene rings is 1. The Morgan fingerprint density at radius 3 is 3.08 bits per heavy atom. The van der Waals surface area contributed by atoms with Crippen LogP contribution in [0, 0.1) is 17.2 Å². The fraction of sp³-hybridized carbons (Fsp3) is 0.526. The van der Waals surface area contributed by atoms with Crippen molar-refractivity contribution in [3.8, 4) is 17.6 Å². The molecule has 1 spiro atoms. The van der Waals surface area contributed by atoms with E-state index in [4.69, 9.17) is 4.74 Å². The second kappa shape index (κ2) is 4.53. The van der Waals surface area contributed by atoms with Gasteiger partial charge in [0.05, 0.1) is 12.5 Å². The molecule has 5 nitrogen and oxygen atoms in total. The second-order valence-corrected chi connectivity index (χ2v) is 7.55. The number of likely N-dealkylation sites (tertiary alicyclic amines) is 1. The summed E-state index contributed by atoms with van der Waals surface area (Å²) in [6.07, 6.45) is 5.03. The first-order valence-electron chi connectivity index (χ1n) is 8.56. The van der Waals surface area contributed by atoms with Gasteiger partial charge in [-0.1, -0.05) is 12.2 Å². The largest absolute Gasteiger partial charge is 0.504 e. The Morgan fingerprint density at radius 2 is 2.29 bits per heavy atom. The first-order chi connectivity index (χ1) is 11.6. The number of phenols is 1. The van der Waals surface area contributed by atoms with Gasteiger partial charge in [0.2, 0.25) is 0 Å². The number of nitrogens with zero attached hydrogens (tertiary/aromatic N) is 2. The Bertz CT molecular complexity index is 812. The molecule has 0 aromatic heterocycles. The molecule has 1 fully saturated rings. The zero-order valence-electron chi connectivity index (χ0n) is 13.6. The number of likely N-dealkylation sites (N-methyl/N-ethyl adjacent to an activating group) is 1. The van der Waals surface area contributed by atoms with E-state index in [1.807, 2.05) is 6.08 Å². The summed E-state index contributed by atoms with van der Waals surface area (Å²) in [6.45, 7) is 0.948. The van der Waals surface area contributed by atoms with Gasteiger partial charge in [-0.2, -0.15) is 5.26 Å². The zero-order valence-corrected chi connectivity index (χ0v) is 13.6. The average Bonchev–Trinajstić information content (AvgIpc) is 2.91. The van der Waals surface area contributed by atoms with Gasteiger partial charge in [0, 0.05) is 22.9 Å². The molecule has 1 aromatic carbocycles. The van der Waals surface area contributed by atoms with Crippen LogP contribution in [0.15, 0.2) is 18.2 Å². The smallest absolute Gasteiger partial charge is 0.165 e. The van der Waals surface area contributed by atoms with Gasteiger partial charge in [-0.25, -0.2) is 0 Å². The van der Waals surface area contributed by atoms with E-state index in [1.54, 1.807) is 6.07 Å². The Morgan fingerprint density at radius 1 is 1.46 bits per heavy atom. The predicted molar refractivity (Wildman–Crippen MR) is 86.9 cm³/mol. The summed E-state index contributed by atoms with van der Waals surface area (Å²) in [5.41, 5.74) is 2.84. The summed E-state index contributed by atoms with van der Waals surface area (Å²) in [4.78, 5) is 2.39. The van der Waals surface area contributed by atoms with Crippen LogP contribution >= 0.6 is 0 Å². The molecule has 0 saturated carbocycles. The molecule has 0 radical (unpaired) electrons. The Kier molecular flexibility index (Phi) is 2.70. The van der Waals surface area contributed by atoms with E-state index >= 15 is 0 Å². The van der Waals surface area contributed by atoms with Crippen LogP contribution in [0.5, 0.6) is 11.5 Å². The summed E-state index contributed by atoms with van der Waals surface area (Å²) >= 11 is 0. The third-order valence-corrected chi connectivity index (χ3v) is 6.64. The van der Waals surface area contributed by atoms with E-state index < -0.39 is 6.10 Å². The number of nitriles is 1.